The first-order chi connectivity index (χ1) is 15.5. The van der Waals surface area contributed by atoms with E-state index in [1.165, 1.54) is 0 Å². The number of aromatic nitrogens is 5. The molecule has 0 bridgehead atoms. The molecule has 4 aromatic rings. The van der Waals surface area contributed by atoms with Gasteiger partial charge in [0.15, 0.2) is 0 Å². The molecule has 2 heterocycles. The van der Waals surface area contributed by atoms with Gasteiger partial charge in [0.05, 0.1) is 25.6 Å². The van der Waals surface area contributed by atoms with Gasteiger partial charge in [-0.05, 0) is 55.5 Å². The Morgan fingerprint density at radius 3 is 1.81 bits per heavy atom. The molecule has 2 aromatic heterocycles. The van der Waals surface area contributed by atoms with Crippen LogP contribution in [-0.4, -0.2) is 38.7 Å². The van der Waals surface area contributed by atoms with Gasteiger partial charge in [0.1, 0.15) is 23.1 Å². The molecular weight excluding hydrogens is 406 g/mol. The van der Waals surface area contributed by atoms with Crippen LogP contribution in [0.1, 0.15) is 11.6 Å². The lowest BCUT2D eigenvalue weighted by Crippen LogP contribution is -2.11. The van der Waals surface area contributed by atoms with Gasteiger partial charge in [-0.2, -0.15) is 15.0 Å². The molecule has 0 amide bonds. The minimum atomic E-state index is 0.115. The molecule has 0 radical (unpaired) electrons. The molecular formula is C23H25N7O2. The second kappa shape index (κ2) is 8.93. The fraction of sp³-hybridized carbons (Fsp3) is 0.217. The number of methoxy groups -OCH3 is 2. The Labute approximate surface area is 186 Å². The third-order valence-electron chi connectivity index (χ3n) is 5.16. The van der Waals surface area contributed by atoms with Crippen LogP contribution >= 0.6 is 0 Å². The molecule has 0 spiro atoms. The smallest absolute Gasteiger partial charge is 0.225 e. The van der Waals surface area contributed by atoms with E-state index in [9.17, 15) is 0 Å². The highest BCUT2D eigenvalue weighted by Crippen LogP contribution is 2.34. The molecule has 4 rings (SSSR count). The third-order valence-corrected chi connectivity index (χ3v) is 5.16. The number of nitrogen functional groups attached to an aromatic ring is 2. The molecule has 0 aliphatic rings. The molecule has 0 saturated heterocycles. The van der Waals surface area contributed by atoms with Gasteiger partial charge in [0.25, 0.3) is 0 Å². The molecule has 0 aliphatic heterocycles. The molecule has 0 saturated carbocycles. The first-order valence-electron chi connectivity index (χ1n) is 10.1. The molecule has 4 N–H and O–H groups in total. The average Bonchev–Trinajstić information content (AvgIpc) is 3.13. The van der Waals surface area contributed by atoms with Crippen molar-refractivity contribution in [2.45, 2.75) is 19.9 Å². The molecule has 9 heteroatoms. The summed E-state index contributed by atoms with van der Waals surface area (Å²) < 4.78 is 12.8. The summed E-state index contributed by atoms with van der Waals surface area (Å²) in [6.45, 7) is 2.58. The highest BCUT2D eigenvalue weighted by Gasteiger charge is 2.19. The maximum atomic E-state index is 5.73. The van der Waals surface area contributed by atoms with Gasteiger partial charge in [-0.3, -0.25) is 0 Å². The van der Waals surface area contributed by atoms with E-state index in [2.05, 4.69) is 19.5 Å². The highest BCUT2D eigenvalue weighted by atomic mass is 16.5. The van der Waals surface area contributed by atoms with E-state index >= 15 is 0 Å². The second-order valence-electron chi connectivity index (χ2n) is 7.18. The minimum absolute atomic E-state index is 0.115. The Hall–Kier alpha value is -4.14. The van der Waals surface area contributed by atoms with Crippen LogP contribution in [-0.2, 0) is 13.0 Å². The predicted octanol–water partition coefficient (Wildman–Crippen LogP) is 3.13. The van der Waals surface area contributed by atoms with E-state index in [1.54, 1.807) is 14.2 Å². The van der Waals surface area contributed by atoms with E-state index in [1.807, 2.05) is 55.5 Å². The molecule has 164 valence electrons. The molecule has 2 aromatic carbocycles. The Morgan fingerprint density at radius 1 is 0.750 bits per heavy atom. The van der Waals surface area contributed by atoms with Crippen LogP contribution in [0.25, 0.3) is 22.5 Å². The molecule has 32 heavy (non-hydrogen) atoms. The standard InChI is InChI=1S/C23H25N7O2/c1-14-26-20(15-4-8-17(31-2)9-5-15)21(16-6-10-18(32-3)11-7-16)30(14)13-12-19-27-22(24)29-23(25)28-19/h4-11H,12-13H2,1-3H3,(H4,24,25,27,28,29). The number of aryl methyl sites for hydroxylation is 2. The number of rotatable bonds is 7. The van der Waals surface area contributed by atoms with Crippen molar-refractivity contribution in [2.75, 3.05) is 25.7 Å². The van der Waals surface area contributed by atoms with Crippen molar-refractivity contribution in [3.8, 4) is 34.0 Å². The summed E-state index contributed by atoms with van der Waals surface area (Å²) in [6, 6.07) is 15.8. The van der Waals surface area contributed by atoms with E-state index in [0.717, 1.165) is 39.8 Å². The zero-order valence-corrected chi connectivity index (χ0v) is 18.2. The number of nitrogens with zero attached hydrogens (tertiary/aromatic N) is 5. The summed E-state index contributed by atoms with van der Waals surface area (Å²) >= 11 is 0. The minimum Gasteiger partial charge on any atom is -0.497 e. The van der Waals surface area contributed by atoms with E-state index < -0.39 is 0 Å². The van der Waals surface area contributed by atoms with Gasteiger partial charge in [0.2, 0.25) is 11.9 Å². The van der Waals surface area contributed by atoms with Gasteiger partial charge in [-0.25, -0.2) is 4.98 Å². The van der Waals surface area contributed by atoms with Crippen LogP contribution in [0, 0.1) is 6.92 Å². The van der Waals surface area contributed by atoms with Crippen LogP contribution in [0.4, 0.5) is 11.9 Å². The Kier molecular flexibility index (Phi) is 5.89. The number of nitrogens with two attached hydrogens (primary N) is 2. The Morgan fingerprint density at radius 2 is 1.28 bits per heavy atom. The number of hydrogen-bond acceptors (Lipinski definition) is 8. The number of imidazole rings is 1. The molecule has 0 fully saturated rings. The highest BCUT2D eigenvalue weighted by molar-refractivity contribution is 5.79. The fourth-order valence-corrected chi connectivity index (χ4v) is 3.61. The zero-order valence-electron chi connectivity index (χ0n) is 18.2. The lowest BCUT2D eigenvalue weighted by Gasteiger charge is -2.13. The lowest BCUT2D eigenvalue weighted by atomic mass is 10.0. The van der Waals surface area contributed by atoms with Gasteiger partial charge >= 0.3 is 0 Å². The molecule has 9 nitrogen and oxygen atoms in total. The van der Waals surface area contributed by atoms with Crippen molar-refractivity contribution < 1.29 is 9.47 Å². The molecule has 0 unspecified atom stereocenters. The third kappa shape index (κ3) is 4.31. The van der Waals surface area contributed by atoms with E-state index in [0.29, 0.717) is 18.8 Å². The van der Waals surface area contributed by atoms with Crippen LogP contribution in [0.3, 0.4) is 0 Å². The second-order valence-corrected chi connectivity index (χ2v) is 7.18. The number of ether oxygens (including phenoxy) is 2. The quantitative estimate of drug-likeness (QED) is 0.457. The van der Waals surface area contributed by atoms with Gasteiger partial charge < -0.3 is 25.5 Å². The summed E-state index contributed by atoms with van der Waals surface area (Å²) in [6.07, 6.45) is 0.527. The van der Waals surface area contributed by atoms with Crippen molar-refractivity contribution in [3.05, 3.63) is 60.2 Å². The number of hydrogen-bond donors (Lipinski definition) is 2. The number of anilines is 2. The topological polar surface area (TPSA) is 127 Å². The van der Waals surface area contributed by atoms with Gasteiger partial charge in [-0.1, -0.05) is 0 Å². The fourth-order valence-electron chi connectivity index (χ4n) is 3.61. The average molecular weight is 432 g/mol. The van der Waals surface area contributed by atoms with E-state index in [4.69, 9.17) is 25.9 Å². The monoisotopic (exact) mass is 431 g/mol. The van der Waals surface area contributed by atoms with Gasteiger partial charge in [-0.15, -0.1) is 0 Å². The normalized spacial score (nSPS) is 10.8. The number of benzene rings is 2. The Bertz CT molecular complexity index is 1200. The van der Waals surface area contributed by atoms with Crippen molar-refractivity contribution in [3.63, 3.8) is 0 Å². The summed E-state index contributed by atoms with van der Waals surface area (Å²) in [4.78, 5) is 17.1. The predicted molar refractivity (Wildman–Crippen MR) is 123 cm³/mol. The van der Waals surface area contributed by atoms with Crippen LogP contribution in [0.2, 0.25) is 0 Å². The van der Waals surface area contributed by atoms with Crippen LogP contribution < -0.4 is 20.9 Å². The maximum absolute atomic E-state index is 5.73. The summed E-state index contributed by atoms with van der Waals surface area (Å²) in [5.74, 6) is 3.22. The largest absolute Gasteiger partial charge is 0.497 e. The van der Waals surface area contributed by atoms with Crippen LogP contribution in [0.15, 0.2) is 48.5 Å². The SMILES string of the molecule is COc1ccc(-c2nc(C)n(CCc3nc(N)nc(N)n3)c2-c2ccc(OC)cc2)cc1. The summed E-state index contributed by atoms with van der Waals surface area (Å²) in [7, 11) is 3.30. The van der Waals surface area contributed by atoms with Crippen molar-refractivity contribution in [1.29, 1.82) is 0 Å². The lowest BCUT2D eigenvalue weighted by molar-refractivity contribution is 0.414. The Balaban J connectivity index is 1.77. The molecule has 0 atom stereocenters. The zero-order chi connectivity index (χ0) is 22.7. The van der Waals surface area contributed by atoms with Crippen molar-refractivity contribution >= 4 is 11.9 Å². The molecule has 0 aliphatic carbocycles. The first-order valence-corrected chi connectivity index (χ1v) is 10.1. The first kappa shape index (κ1) is 21.1. The van der Waals surface area contributed by atoms with Gasteiger partial charge in [0, 0.05) is 24.1 Å². The summed E-state index contributed by atoms with van der Waals surface area (Å²) in [5, 5.41) is 0. The maximum Gasteiger partial charge on any atom is 0.225 e. The van der Waals surface area contributed by atoms with Crippen molar-refractivity contribution in [2.24, 2.45) is 0 Å². The van der Waals surface area contributed by atoms with Crippen molar-refractivity contribution in [1.82, 2.24) is 24.5 Å². The van der Waals surface area contributed by atoms with Crippen LogP contribution in [0.5, 0.6) is 11.5 Å². The van der Waals surface area contributed by atoms with E-state index in [-0.39, 0.29) is 11.9 Å². The summed E-state index contributed by atoms with van der Waals surface area (Å²) in [5.41, 5.74) is 15.3.